The van der Waals surface area contributed by atoms with Gasteiger partial charge in [0.1, 0.15) is 26.4 Å². The lowest BCUT2D eigenvalue weighted by atomic mass is 10.7. The summed E-state index contributed by atoms with van der Waals surface area (Å²) >= 11 is 0. The second kappa shape index (κ2) is 6.56. The standard InChI is InChI=1S/C6H10O6/c7-3-5(9)11-1-2-12-6(10)4-8/h7-8H,1-4H2. The molecule has 70 valence electrons. The van der Waals surface area contributed by atoms with E-state index in [2.05, 4.69) is 9.47 Å². The first-order valence-electron chi connectivity index (χ1n) is 3.23. The average molecular weight is 178 g/mol. The molecule has 0 bridgehead atoms. The van der Waals surface area contributed by atoms with Crippen LogP contribution in [0.15, 0.2) is 0 Å². The molecule has 0 heterocycles. The Hall–Kier alpha value is -1.14. The quantitative estimate of drug-likeness (QED) is 0.375. The van der Waals surface area contributed by atoms with Gasteiger partial charge in [0.2, 0.25) is 0 Å². The summed E-state index contributed by atoms with van der Waals surface area (Å²) in [5, 5.41) is 16.3. The minimum Gasteiger partial charge on any atom is -0.460 e. The van der Waals surface area contributed by atoms with Gasteiger partial charge in [-0.15, -0.1) is 0 Å². The van der Waals surface area contributed by atoms with E-state index in [1.165, 1.54) is 0 Å². The van der Waals surface area contributed by atoms with Crippen LogP contribution in [-0.4, -0.2) is 48.6 Å². The fourth-order valence-electron chi connectivity index (χ4n) is 0.402. The molecule has 0 aromatic carbocycles. The largest absolute Gasteiger partial charge is 0.460 e. The van der Waals surface area contributed by atoms with Crippen LogP contribution in [0.1, 0.15) is 0 Å². The first kappa shape index (κ1) is 10.9. The van der Waals surface area contributed by atoms with Crippen LogP contribution in [-0.2, 0) is 19.1 Å². The third kappa shape index (κ3) is 5.63. The van der Waals surface area contributed by atoms with Gasteiger partial charge in [0.25, 0.3) is 0 Å². The number of aliphatic hydroxyl groups is 2. The van der Waals surface area contributed by atoms with Crippen LogP contribution in [0, 0.1) is 0 Å². The Kier molecular flexibility index (Phi) is 5.94. The molecule has 0 radical (unpaired) electrons. The minimum atomic E-state index is -0.782. The minimum absolute atomic E-state index is 0.120. The molecule has 0 saturated carbocycles. The number of aliphatic hydroxyl groups excluding tert-OH is 2. The van der Waals surface area contributed by atoms with Crippen LogP contribution in [0.5, 0.6) is 0 Å². The van der Waals surface area contributed by atoms with Crippen LogP contribution in [0.4, 0.5) is 0 Å². The van der Waals surface area contributed by atoms with Crippen LogP contribution in [0.25, 0.3) is 0 Å². The maximum atomic E-state index is 10.3. The molecule has 6 nitrogen and oxygen atoms in total. The lowest BCUT2D eigenvalue weighted by Crippen LogP contribution is -2.17. The van der Waals surface area contributed by atoms with E-state index in [0.717, 1.165) is 0 Å². The van der Waals surface area contributed by atoms with Gasteiger partial charge in [-0.25, -0.2) is 9.59 Å². The Labute approximate surface area is 68.7 Å². The molecule has 0 aliphatic carbocycles. The molecule has 2 N–H and O–H groups in total. The lowest BCUT2D eigenvalue weighted by Gasteiger charge is -2.03. The van der Waals surface area contributed by atoms with Crippen LogP contribution < -0.4 is 0 Å². The van der Waals surface area contributed by atoms with Gasteiger partial charge < -0.3 is 19.7 Å². The van der Waals surface area contributed by atoms with Crippen molar-refractivity contribution in [1.29, 1.82) is 0 Å². The van der Waals surface area contributed by atoms with E-state index in [9.17, 15) is 9.59 Å². The van der Waals surface area contributed by atoms with Crippen molar-refractivity contribution in [2.24, 2.45) is 0 Å². The molecule has 6 heteroatoms. The van der Waals surface area contributed by atoms with E-state index in [1.807, 2.05) is 0 Å². The molecule has 0 aromatic heterocycles. The molecule has 0 aliphatic rings. The summed E-state index contributed by atoms with van der Waals surface area (Å²) in [6.07, 6.45) is 0. The summed E-state index contributed by atoms with van der Waals surface area (Å²) in [6, 6.07) is 0. The zero-order chi connectivity index (χ0) is 9.40. The molecule has 0 spiro atoms. The second-order valence-corrected chi connectivity index (χ2v) is 1.76. The summed E-state index contributed by atoms with van der Waals surface area (Å²) < 4.78 is 8.68. The van der Waals surface area contributed by atoms with Crippen LogP contribution in [0.2, 0.25) is 0 Å². The van der Waals surface area contributed by atoms with Crippen molar-refractivity contribution in [1.82, 2.24) is 0 Å². The van der Waals surface area contributed by atoms with E-state index in [1.54, 1.807) is 0 Å². The maximum Gasteiger partial charge on any atom is 0.331 e. The van der Waals surface area contributed by atoms with Gasteiger partial charge in [0.15, 0.2) is 0 Å². The Morgan fingerprint density at radius 1 is 0.917 bits per heavy atom. The molecule has 12 heavy (non-hydrogen) atoms. The van der Waals surface area contributed by atoms with Crippen molar-refractivity contribution >= 4 is 11.9 Å². The van der Waals surface area contributed by atoms with Gasteiger partial charge >= 0.3 is 11.9 Å². The molecule has 0 aliphatic heterocycles. The number of hydrogen-bond donors (Lipinski definition) is 2. The SMILES string of the molecule is O=C(CO)OCCOC(=O)CO. The summed E-state index contributed by atoms with van der Waals surface area (Å²) in [5.74, 6) is -1.56. The first-order valence-corrected chi connectivity index (χ1v) is 3.23. The third-order valence-corrected chi connectivity index (χ3v) is 0.868. The van der Waals surface area contributed by atoms with E-state index >= 15 is 0 Å². The number of ether oxygens (including phenoxy) is 2. The first-order chi connectivity index (χ1) is 5.70. The van der Waals surface area contributed by atoms with Crippen molar-refractivity contribution < 1.29 is 29.3 Å². The van der Waals surface area contributed by atoms with E-state index < -0.39 is 25.2 Å². The summed E-state index contributed by atoms with van der Waals surface area (Å²) in [5.41, 5.74) is 0. The predicted molar refractivity (Wildman–Crippen MR) is 36.1 cm³/mol. The molecule has 0 saturated heterocycles. The molecule has 0 rings (SSSR count). The number of esters is 2. The van der Waals surface area contributed by atoms with Gasteiger partial charge in [-0.3, -0.25) is 0 Å². The number of hydrogen-bond acceptors (Lipinski definition) is 6. The van der Waals surface area contributed by atoms with Crippen LogP contribution in [0.3, 0.4) is 0 Å². The topological polar surface area (TPSA) is 93.1 Å². The summed E-state index contributed by atoms with van der Waals surface area (Å²) in [6.45, 7) is -1.64. The van der Waals surface area contributed by atoms with E-state index in [-0.39, 0.29) is 13.2 Å². The Bertz CT molecular complexity index is 136. The monoisotopic (exact) mass is 178 g/mol. The van der Waals surface area contributed by atoms with Crippen molar-refractivity contribution in [2.75, 3.05) is 26.4 Å². The van der Waals surface area contributed by atoms with Crippen molar-refractivity contribution in [3.63, 3.8) is 0 Å². The second-order valence-electron chi connectivity index (χ2n) is 1.76. The highest BCUT2D eigenvalue weighted by atomic mass is 16.6. The average Bonchev–Trinajstić information content (AvgIpc) is 2.11. The Morgan fingerprint density at radius 3 is 1.50 bits per heavy atom. The fraction of sp³-hybridized carbons (Fsp3) is 0.667. The van der Waals surface area contributed by atoms with E-state index in [0.29, 0.717) is 0 Å². The zero-order valence-electron chi connectivity index (χ0n) is 6.36. The number of rotatable bonds is 5. The van der Waals surface area contributed by atoms with Gasteiger partial charge in [-0.2, -0.15) is 0 Å². The predicted octanol–water partition coefficient (Wildman–Crippen LogP) is -1.94. The molecule has 0 fully saturated rings. The number of carbonyl (C=O) groups excluding carboxylic acids is 2. The maximum absolute atomic E-state index is 10.3. The van der Waals surface area contributed by atoms with Crippen LogP contribution >= 0.6 is 0 Å². The smallest absolute Gasteiger partial charge is 0.331 e. The number of carbonyl (C=O) groups is 2. The Morgan fingerprint density at radius 2 is 1.25 bits per heavy atom. The van der Waals surface area contributed by atoms with Gasteiger partial charge in [-0.1, -0.05) is 0 Å². The highest BCUT2D eigenvalue weighted by Gasteiger charge is 2.01. The molecular weight excluding hydrogens is 168 g/mol. The molecule has 0 amide bonds. The Balaban J connectivity index is 3.21. The molecular formula is C6H10O6. The fourth-order valence-corrected chi connectivity index (χ4v) is 0.402. The zero-order valence-corrected chi connectivity index (χ0v) is 6.36. The highest BCUT2D eigenvalue weighted by Crippen LogP contribution is 1.80. The van der Waals surface area contributed by atoms with Crippen molar-refractivity contribution in [2.45, 2.75) is 0 Å². The molecule has 0 aromatic rings. The summed E-state index contributed by atoms with van der Waals surface area (Å²) in [4.78, 5) is 20.5. The van der Waals surface area contributed by atoms with Gasteiger partial charge in [0.05, 0.1) is 0 Å². The normalized spacial score (nSPS) is 9.17. The third-order valence-electron chi connectivity index (χ3n) is 0.868. The van der Waals surface area contributed by atoms with Gasteiger partial charge in [0, 0.05) is 0 Å². The highest BCUT2D eigenvalue weighted by molar-refractivity contribution is 5.71. The van der Waals surface area contributed by atoms with E-state index in [4.69, 9.17) is 10.2 Å². The molecule has 0 unspecified atom stereocenters. The van der Waals surface area contributed by atoms with Crippen molar-refractivity contribution in [3.8, 4) is 0 Å². The molecule has 0 atom stereocenters. The lowest BCUT2D eigenvalue weighted by molar-refractivity contribution is -0.155. The van der Waals surface area contributed by atoms with Gasteiger partial charge in [-0.05, 0) is 0 Å². The van der Waals surface area contributed by atoms with Crippen molar-refractivity contribution in [3.05, 3.63) is 0 Å². The summed E-state index contributed by atoms with van der Waals surface area (Å²) in [7, 11) is 0.